The van der Waals surface area contributed by atoms with Gasteiger partial charge in [-0.2, -0.15) is 5.26 Å². The molecule has 0 unspecified atom stereocenters. The summed E-state index contributed by atoms with van der Waals surface area (Å²) in [6, 6.07) is 13.7. The fourth-order valence-electron chi connectivity index (χ4n) is 2.97. The number of pyridine rings is 1. The largest absolute Gasteiger partial charge is 0.420 e. The van der Waals surface area contributed by atoms with Crippen LogP contribution in [0.1, 0.15) is 17.0 Å². The highest BCUT2D eigenvalue weighted by Gasteiger charge is 2.35. The van der Waals surface area contributed by atoms with Crippen molar-refractivity contribution >= 4 is 15.9 Å². The fraction of sp³-hybridized carbons (Fsp3) is 0.0556. The van der Waals surface area contributed by atoms with E-state index >= 15 is 0 Å². The van der Waals surface area contributed by atoms with Gasteiger partial charge in [-0.25, -0.2) is 0 Å². The lowest BCUT2D eigenvalue weighted by atomic mass is 9.83. The zero-order chi connectivity index (χ0) is 17.4. The highest BCUT2D eigenvalue weighted by Crippen LogP contribution is 2.45. The number of ether oxygens (including phenoxy) is 1. The van der Waals surface area contributed by atoms with E-state index in [0.29, 0.717) is 11.5 Å². The summed E-state index contributed by atoms with van der Waals surface area (Å²) in [6.45, 7) is 0. The van der Waals surface area contributed by atoms with Crippen molar-refractivity contribution in [2.75, 3.05) is 0 Å². The first-order valence-electron chi connectivity index (χ1n) is 7.50. The highest BCUT2D eigenvalue weighted by atomic mass is 79.9. The minimum atomic E-state index is -0.367. The topological polar surface area (TPSA) is 101 Å². The van der Waals surface area contributed by atoms with Gasteiger partial charge in [0.05, 0.1) is 17.2 Å². The lowest BCUT2D eigenvalue weighted by molar-refractivity contribution is 0.379. The molecule has 0 amide bonds. The van der Waals surface area contributed by atoms with Gasteiger partial charge in [-0.3, -0.25) is 10.1 Å². The van der Waals surface area contributed by atoms with Gasteiger partial charge in [-0.05, 0) is 29.8 Å². The summed E-state index contributed by atoms with van der Waals surface area (Å²) >= 11 is 3.44. The normalized spacial score (nSPS) is 16.1. The van der Waals surface area contributed by atoms with Crippen LogP contribution in [-0.4, -0.2) is 15.2 Å². The predicted octanol–water partition coefficient (Wildman–Crippen LogP) is 3.45. The molecule has 6 nitrogen and oxygen atoms in total. The van der Waals surface area contributed by atoms with Crippen molar-refractivity contribution in [1.29, 1.82) is 5.26 Å². The lowest BCUT2D eigenvalue weighted by Crippen LogP contribution is -2.21. The molecular weight excluding hydrogens is 382 g/mol. The van der Waals surface area contributed by atoms with Crippen LogP contribution in [0.5, 0.6) is 5.88 Å². The maximum atomic E-state index is 9.63. The summed E-state index contributed by atoms with van der Waals surface area (Å²) in [4.78, 5) is 4.05. The number of halogens is 1. The zero-order valence-corrected chi connectivity index (χ0v) is 14.5. The molecule has 3 aromatic rings. The van der Waals surface area contributed by atoms with E-state index in [9.17, 15) is 5.26 Å². The van der Waals surface area contributed by atoms with Crippen LogP contribution in [0.3, 0.4) is 0 Å². The maximum absolute atomic E-state index is 9.63. The summed E-state index contributed by atoms with van der Waals surface area (Å²) in [5.41, 5.74) is 9.75. The summed E-state index contributed by atoms with van der Waals surface area (Å²) < 4.78 is 6.56. The third-order valence-corrected chi connectivity index (χ3v) is 4.64. The molecule has 122 valence electrons. The van der Waals surface area contributed by atoms with Crippen molar-refractivity contribution in [1.82, 2.24) is 15.2 Å². The molecule has 3 heterocycles. The number of fused-ring (bicyclic) bond motifs is 1. The smallest absolute Gasteiger partial charge is 0.244 e. The third kappa shape index (κ3) is 2.57. The average molecular weight is 394 g/mol. The van der Waals surface area contributed by atoms with Crippen LogP contribution in [-0.2, 0) is 0 Å². The monoisotopic (exact) mass is 393 g/mol. The van der Waals surface area contributed by atoms with Gasteiger partial charge >= 0.3 is 0 Å². The van der Waals surface area contributed by atoms with Crippen LogP contribution in [0.4, 0.5) is 0 Å². The van der Waals surface area contributed by atoms with E-state index in [1.807, 2.05) is 36.4 Å². The first-order valence-corrected chi connectivity index (χ1v) is 8.30. The third-order valence-electron chi connectivity index (χ3n) is 4.11. The van der Waals surface area contributed by atoms with Crippen LogP contribution in [0.2, 0.25) is 0 Å². The number of nitrogens with one attached hydrogen (secondary N) is 1. The van der Waals surface area contributed by atoms with Crippen LogP contribution >= 0.6 is 15.9 Å². The molecule has 0 spiro atoms. The minimum absolute atomic E-state index is 0.0747. The Hall–Kier alpha value is -3.11. The first-order chi connectivity index (χ1) is 12.2. The summed E-state index contributed by atoms with van der Waals surface area (Å²) in [6.07, 6.45) is 3.38. The molecule has 7 heteroatoms. The molecule has 0 fully saturated rings. The Morgan fingerprint density at radius 1 is 1.16 bits per heavy atom. The Balaban J connectivity index is 1.94. The van der Waals surface area contributed by atoms with Gasteiger partial charge in [-0.15, -0.1) is 5.10 Å². The second-order valence-corrected chi connectivity index (χ2v) is 6.45. The summed E-state index contributed by atoms with van der Waals surface area (Å²) in [7, 11) is 0. The Labute approximate surface area is 152 Å². The van der Waals surface area contributed by atoms with E-state index in [1.165, 1.54) is 0 Å². The summed E-state index contributed by atoms with van der Waals surface area (Å²) in [5, 5.41) is 16.9. The Morgan fingerprint density at radius 2 is 1.88 bits per heavy atom. The summed E-state index contributed by atoms with van der Waals surface area (Å²) in [5.74, 6) is 0.0936. The van der Waals surface area contributed by atoms with Gasteiger partial charge in [0, 0.05) is 22.4 Å². The number of hydrogen-bond donors (Lipinski definition) is 2. The highest BCUT2D eigenvalue weighted by molar-refractivity contribution is 9.10. The molecule has 1 atom stereocenters. The molecule has 0 radical (unpaired) electrons. The second kappa shape index (κ2) is 6.07. The molecule has 0 saturated carbocycles. The second-order valence-electron chi connectivity index (χ2n) is 5.53. The van der Waals surface area contributed by atoms with E-state index < -0.39 is 0 Å². The van der Waals surface area contributed by atoms with E-state index in [2.05, 4.69) is 37.2 Å². The van der Waals surface area contributed by atoms with Crippen LogP contribution in [0.15, 0.2) is 64.7 Å². The molecule has 4 rings (SSSR count). The number of H-pyrrole nitrogens is 1. The number of aromatic nitrogens is 3. The molecule has 3 N–H and O–H groups in total. The number of nitriles is 1. The van der Waals surface area contributed by atoms with Gasteiger partial charge in [-0.1, -0.05) is 28.1 Å². The van der Waals surface area contributed by atoms with Crippen molar-refractivity contribution < 1.29 is 4.74 Å². The van der Waals surface area contributed by atoms with E-state index in [-0.39, 0.29) is 11.8 Å². The van der Waals surface area contributed by atoms with Gasteiger partial charge in [0.25, 0.3) is 0 Å². The first kappa shape index (κ1) is 15.4. The fourth-order valence-corrected chi connectivity index (χ4v) is 3.24. The van der Waals surface area contributed by atoms with Crippen LogP contribution in [0.25, 0.3) is 11.3 Å². The molecule has 0 aliphatic carbocycles. The Bertz CT molecular complexity index is 1000. The van der Waals surface area contributed by atoms with Gasteiger partial charge in [0.15, 0.2) is 0 Å². The zero-order valence-electron chi connectivity index (χ0n) is 12.9. The molecule has 25 heavy (non-hydrogen) atoms. The minimum Gasteiger partial charge on any atom is -0.420 e. The number of allylic oxidation sites excluding steroid dienone is 1. The Kier molecular flexibility index (Phi) is 3.75. The van der Waals surface area contributed by atoms with Gasteiger partial charge in [0.2, 0.25) is 11.8 Å². The van der Waals surface area contributed by atoms with E-state index in [4.69, 9.17) is 10.5 Å². The quantitative estimate of drug-likeness (QED) is 0.694. The molecule has 0 saturated heterocycles. The number of benzene rings is 1. The molecule has 2 aromatic heterocycles. The number of hydrogen-bond acceptors (Lipinski definition) is 5. The van der Waals surface area contributed by atoms with Crippen molar-refractivity contribution in [3.05, 3.63) is 75.8 Å². The van der Waals surface area contributed by atoms with Gasteiger partial charge in [0.1, 0.15) is 11.6 Å². The number of nitrogens with zero attached hydrogens (tertiary/aromatic N) is 3. The van der Waals surface area contributed by atoms with Gasteiger partial charge < -0.3 is 10.5 Å². The molecule has 0 bridgehead atoms. The predicted molar refractivity (Wildman–Crippen MR) is 95.3 cm³/mol. The SMILES string of the molecule is N#CC1=C(N)Oc2n[nH]c(-c3ccc(Br)cc3)c2[C@H]1c1ccncc1. The number of rotatable bonds is 2. The molecule has 1 aliphatic rings. The number of aromatic amines is 1. The van der Waals surface area contributed by atoms with Crippen molar-refractivity contribution in [2.45, 2.75) is 5.92 Å². The standard InChI is InChI=1S/C18H12BrN5O/c19-12-3-1-11(2-4-12)16-15-14(10-5-7-22-8-6-10)13(9-20)17(21)25-18(15)24-23-16/h1-8,14H,21H2,(H,23,24)/t14-/m0/s1. The molecular formula is C18H12BrN5O. The van der Waals surface area contributed by atoms with Crippen molar-refractivity contribution in [2.24, 2.45) is 5.73 Å². The van der Waals surface area contributed by atoms with E-state index in [0.717, 1.165) is 26.9 Å². The lowest BCUT2D eigenvalue weighted by Gasteiger charge is -2.23. The van der Waals surface area contributed by atoms with Crippen LogP contribution in [0, 0.1) is 11.3 Å². The number of nitrogens with two attached hydrogens (primary N) is 1. The van der Waals surface area contributed by atoms with Crippen LogP contribution < -0.4 is 10.5 Å². The van der Waals surface area contributed by atoms with E-state index in [1.54, 1.807) is 12.4 Å². The van der Waals surface area contributed by atoms with Crippen molar-refractivity contribution in [3.8, 4) is 23.2 Å². The average Bonchev–Trinajstić information content (AvgIpc) is 3.05. The van der Waals surface area contributed by atoms with Crippen molar-refractivity contribution in [3.63, 3.8) is 0 Å². The Morgan fingerprint density at radius 3 is 2.56 bits per heavy atom. The molecule has 1 aromatic carbocycles. The molecule has 1 aliphatic heterocycles. The maximum Gasteiger partial charge on any atom is 0.244 e.